The van der Waals surface area contributed by atoms with Crippen LogP contribution in [-0.2, 0) is 6.54 Å². The highest BCUT2D eigenvalue weighted by Gasteiger charge is 2.27. The lowest BCUT2D eigenvalue weighted by Gasteiger charge is -2.28. The molecule has 0 amide bonds. The Morgan fingerprint density at radius 1 is 1.19 bits per heavy atom. The molecule has 3 aromatic rings. The number of aromatic nitrogens is 3. The Labute approximate surface area is 152 Å². The molecule has 2 aromatic heterocycles. The van der Waals surface area contributed by atoms with Gasteiger partial charge in [0.2, 0.25) is 0 Å². The molecule has 4 rings (SSSR count). The number of nitrogens with two attached hydrogens (primary N) is 3. The monoisotopic (exact) mass is 351 g/mol. The van der Waals surface area contributed by atoms with E-state index in [1.54, 1.807) is 10.7 Å². The maximum Gasteiger partial charge on any atom is 0.177 e. The fourth-order valence-corrected chi connectivity index (χ4v) is 3.84. The minimum absolute atomic E-state index is 0.285. The molecule has 0 unspecified atom stereocenters. The molecule has 0 atom stereocenters. The van der Waals surface area contributed by atoms with Crippen molar-refractivity contribution < 1.29 is 0 Å². The van der Waals surface area contributed by atoms with Crippen LogP contribution in [0.3, 0.4) is 0 Å². The Balaban J connectivity index is 1.80. The number of nitrogens with zero attached hydrogens (tertiary/aromatic N) is 3. The van der Waals surface area contributed by atoms with Crippen LogP contribution in [0.25, 0.3) is 5.65 Å². The number of hydrogen-bond acceptors (Lipinski definition) is 6. The largest absolute Gasteiger partial charge is 0.382 e. The number of nitrogens with one attached hydrogen (secondary N) is 1. The Kier molecular flexibility index (Phi) is 4.48. The molecule has 0 bridgehead atoms. The lowest BCUT2D eigenvalue weighted by molar-refractivity contribution is 0.396. The van der Waals surface area contributed by atoms with Crippen molar-refractivity contribution in [3.63, 3.8) is 0 Å². The third-order valence-corrected chi connectivity index (χ3v) is 5.22. The summed E-state index contributed by atoms with van der Waals surface area (Å²) in [6, 6.07) is 8.37. The highest BCUT2D eigenvalue weighted by Crippen LogP contribution is 2.41. The van der Waals surface area contributed by atoms with Crippen LogP contribution in [0.2, 0.25) is 0 Å². The quantitative estimate of drug-likeness (QED) is 0.573. The van der Waals surface area contributed by atoms with Gasteiger partial charge in [-0.15, -0.1) is 5.10 Å². The zero-order valence-electron chi connectivity index (χ0n) is 14.7. The van der Waals surface area contributed by atoms with E-state index in [2.05, 4.69) is 21.5 Å². The summed E-state index contributed by atoms with van der Waals surface area (Å²) in [5, 5.41) is 8.04. The van der Waals surface area contributed by atoms with Crippen molar-refractivity contribution in [2.24, 2.45) is 11.5 Å². The summed E-state index contributed by atoms with van der Waals surface area (Å²) in [4.78, 5) is 4.50. The summed E-state index contributed by atoms with van der Waals surface area (Å²) in [5.41, 5.74) is 23.0. The van der Waals surface area contributed by atoms with Gasteiger partial charge in [-0.3, -0.25) is 0 Å². The van der Waals surface area contributed by atoms with E-state index >= 15 is 0 Å². The van der Waals surface area contributed by atoms with Crippen LogP contribution in [0.5, 0.6) is 0 Å². The third-order valence-electron chi connectivity index (χ3n) is 5.22. The number of fused-ring (bicyclic) bond motifs is 1. The van der Waals surface area contributed by atoms with Gasteiger partial charge in [-0.1, -0.05) is 12.1 Å². The van der Waals surface area contributed by atoms with Crippen molar-refractivity contribution in [2.45, 2.75) is 44.2 Å². The van der Waals surface area contributed by atoms with Crippen molar-refractivity contribution in [3.8, 4) is 0 Å². The number of rotatable bonds is 4. The first-order valence-electron chi connectivity index (χ1n) is 9.10. The second-order valence-corrected chi connectivity index (χ2v) is 7.01. The van der Waals surface area contributed by atoms with Crippen LogP contribution in [0.1, 0.15) is 42.7 Å². The fourth-order valence-electron chi connectivity index (χ4n) is 3.84. The summed E-state index contributed by atoms with van der Waals surface area (Å²) in [7, 11) is 0. The van der Waals surface area contributed by atoms with E-state index < -0.39 is 0 Å². The predicted octanol–water partition coefficient (Wildman–Crippen LogP) is 2.50. The molecular weight excluding hydrogens is 326 g/mol. The highest BCUT2D eigenvalue weighted by atomic mass is 15.3. The zero-order valence-corrected chi connectivity index (χ0v) is 14.7. The normalized spacial score (nSPS) is 20.4. The minimum Gasteiger partial charge on any atom is -0.382 e. The van der Waals surface area contributed by atoms with Crippen molar-refractivity contribution in [2.75, 3.05) is 11.1 Å². The molecule has 2 heterocycles. The van der Waals surface area contributed by atoms with Gasteiger partial charge in [0.05, 0.1) is 5.69 Å². The van der Waals surface area contributed by atoms with E-state index in [0.29, 0.717) is 18.3 Å². The van der Waals surface area contributed by atoms with E-state index in [1.807, 2.05) is 24.4 Å². The standard InChI is InChI=1S/C19H25N7/c20-11-12-2-1-3-15(10-12)24-17-16(13-4-6-14(21)7-5-13)18(22)25-26-9-8-23-19(17)26/h1-3,8-10,13-14,24H,4-7,11,20-21H2,(H2,22,25)/t13-,14-. The van der Waals surface area contributed by atoms with Crippen molar-refractivity contribution in [3.05, 3.63) is 47.8 Å². The first-order chi connectivity index (χ1) is 12.7. The summed E-state index contributed by atoms with van der Waals surface area (Å²) in [6.07, 6.45) is 7.60. The molecule has 7 nitrogen and oxygen atoms in total. The Hall–Kier alpha value is -2.64. The number of imidazole rings is 1. The second kappa shape index (κ2) is 6.93. The van der Waals surface area contributed by atoms with Gasteiger partial charge < -0.3 is 22.5 Å². The topological polar surface area (TPSA) is 120 Å². The smallest absolute Gasteiger partial charge is 0.177 e. The first kappa shape index (κ1) is 16.8. The average molecular weight is 351 g/mol. The van der Waals surface area contributed by atoms with Gasteiger partial charge in [0, 0.05) is 36.2 Å². The molecule has 7 heteroatoms. The zero-order chi connectivity index (χ0) is 18.1. The van der Waals surface area contributed by atoms with Crippen LogP contribution in [0.4, 0.5) is 17.2 Å². The van der Waals surface area contributed by atoms with E-state index in [-0.39, 0.29) is 6.04 Å². The Bertz CT molecular complexity index is 909. The number of anilines is 3. The Morgan fingerprint density at radius 3 is 2.77 bits per heavy atom. The van der Waals surface area contributed by atoms with E-state index in [9.17, 15) is 0 Å². The van der Waals surface area contributed by atoms with Gasteiger partial charge in [-0.05, 0) is 49.3 Å². The van der Waals surface area contributed by atoms with E-state index in [1.165, 1.54) is 0 Å². The van der Waals surface area contributed by atoms with Crippen LogP contribution in [0.15, 0.2) is 36.7 Å². The lowest BCUT2D eigenvalue weighted by Crippen LogP contribution is -2.26. The molecule has 1 aliphatic carbocycles. The number of nitrogen functional groups attached to an aromatic ring is 1. The molecule has 136 valence electrons. The first-order valence-corrected chi connectivity index (χ1v) is 9.10. The van der Waals surface area contributed by atoms with Crippen LogP contribution in [-0.4, -0.2) is 20.6 Å². The van der Waals surface area contributed by atoms with Gasteiger partial charge in [0.15, 0.2) is 5.65 Å². The summed E-state index contributed by atoms with van der Waals surface area (Å²) in [6.45, 7) is 0.500. The highest BCUT2D eigenvalue weighted by molar-refractivity contribution is 5.80. The summed E-state index contributed by atoms with van der Waals surface area (Å²) >= 11 is 0. The molecule has 1 fully saturated rings. The van der Waals surface area contributed by atoms with Crippen LogP contribution >= 0.6 is 0 Å². The van der Waals surface area contributed by atoms with Crippen molar-refractivity contribution in [1.82, 2.24) is 14.6 Å². The molecule has 0 aliphatic heterocycles. The average Bonchev–Trinajstić information content (AvgIpc) is 3.11. The third kappa shape index (κ3) is 3.11. The minimum atomic E-state index is 0.285. The van der Waals surface area contributed by atoms with Gasteiger partial charge in [0.1, 0.15) is 5.82 Å². The van der Waals surface area contributed by atoms with Crippen molar-refractivity contribution in [1.29, 1.82) is 0 Å². The SMILES string of the molecule is NCc1cccc(Nc2c3nccn3nc(N)c2[C@H]2CC[C@H](N)CC2)c1. The maximum absolute atomic E-state index is 6.37. The molecular formula is C19H25N7. The van der Waals surface area contributed by atoms with Gasteiger partial charge in [-0.25, -0.2) is 9.50 Å². The van der Waals surface area contributed by atoms with Gasteiger partial charge >= 0.3 is 0 Å². The van der Waals surface area contributed by atoms with Gasteiger partial charge in [-0.2, -0.15) is 0 Å². The van der Waals surface area contributed by atoms with Crippen LogP contribution < -0.4 is 22.5 Å². The predicted molar refractivity (Wildman–Crippen MR) is 104 cm³/mol. The fraction of sp³-hybridized carbons (Fsp3) is 0.368. The lowest BCUT2D eigenvalue weighted by atomic mass is 9.81. The summed E-state index contributed by atoms with van der Waals surface area (Å²) in [5.74, 6) is 0.887. The molecule has 1 saturated carbocycles. The number of hydrogen-bond donors (Lipinski definition) is 4. The molecule has 0 saturated heterocycles. The van der Waals surface area contributed by atoms with E-state index in [0.717, 1.165) is 53.8 Å². The summed E-state index contributed by atoms with van der Waals surface area (Å²) < 4.78 is 1.72. The molecule has 7 N–H and O–H groups in total. The van der Waals surface area contributed by atoms with Gasteiger partial charge in [0.25, 0.3) is 0 Å². The number of benzene rings is 1. The van der Waals surface area contributed by atoms with Crippen molar-refractivity contribution >= 4 is 22.8 Å². The Morgan fingerprint density at radius 2 is 2.00 bits per heavy atom. The van der Waals surface area contributed by atoms with E-state index in [4.69, 9.17) is 17.2 Å². The molecule has 1 aromatic carbocycles. The maximum atomic E-state index is 6.37. The molecule has 0 radical (unpaired) electrons. The molecule has 26 heavy (non-hydrogen) atoms. The molecule has 1 aliphatic rings. The molecule has 0 spiro atoms. The van der Waals surface area contributed by atoms with Crippen LogP contribution in [0, 0.1) is 0 Å². The second-order valence-electron chi connectivity index (χ2n) is 7.01.